The molecule has 0 radical (unpaired) electrons. The molecule has 42 heavy (non-hydrogen) atoms. The molecule has 1 atom stereocenters. The molecule has 0 bridgehead atoms. The van der Waals surface area contributed by atoms with Crippen LogP contribution >= 0.6 is 0 Å². The summed E-state index contributed by atoms with van der Waals surface area (Å²) in [4.78, 5) is 14.4. The van der Waals surface area contributed by atoms with E-state index in [2.05, 4.69) is 46.4 Å². The van der Waals surface area contributed by atoms with Gasteiger partial charge in [-0.05, 0) is 72.3 Å². The van der Waals surface area contributed by atoms with Crippen molar-refractivity contribution >= 4 is 28.0 Å². The van der Waals surface area contributed by atoms with Crippen molar-refractivity contribution < 1.29 is 19.1 Å². The lowest BCUT2D eigenvalue weighted by Gasteiger charge is -2.32. The van der Waals surface area contributed by atoms with Crippen LogP contribution in [0.4, 0.5) is 0 Å². The van der Waals surface area contributed by atoms with Crippen LogP contribution in [0.3, 0.4) is 0 Å². The highest BCUT2D eigenvalue weighted by Crippen LogP contribution is 2.38. The first-order chi connectivity index (χ1) is 20.4. The van der Waals surface area contributed by atoms with Crippen molar-refractivity contribution in [3.8, 4) is 5.75 Å². The summed E-state index contributed by atoms with van der Waals surface area (Å²) in [6, 6.07) is 18.3. The Labute approximate surface area is 246 Å². The molecule has 1 unspecified atom stereocenters. The van der Waals surface area contributed by atoms with Crippen molar-refractivity contribution in [2.75, 3.05) is 20.2 Å². The molecule has 0 spiro atoms. The van der Waals surface area contributed by atoms with Crippen LogP contribution in [0.5, 0.6) is 5.75 Å². The number of hydrogen-bond donors (Lipinski definition) is 1. The Morgan fingerprint density at radius 2 is 1.98 bits per heavy atom. The number of furan rings is 1. The standard InChI is InChI=1S/C25H32N4O3.C9H8O/c1-4-5-6-11-29-12-10-19-17(16-29)8-7-9-20(19)21(15-24(30)31)18-13-22-25(23(14-18)32-3)28(2)27-26-22;1-7-6-10-9-5-3-2-4-8(7)9/h7-9,13-14,21H,4-6,10-12,15-16H2,1-3H3,(H,30,31);2-6H,1H3. The van der Waals surface area contributed by atoms with E-state index in [-0.39, 0.29) is 12.3 Å². The second kappa shape index (κ2) is 13.2. The maximum atomic E-state index is 11.9. The lowest BCUT2D eigenvalue weighted by Crippen LogP contribution is -2.32. The van der Waals surface area contributed by atoms with Crippen LogP contribution in [0.1, 0.15) is 66.3 Å². The van der Waals surface area contributed by atoms with Crippen LogP contribution in [0.15, 0.2) is 65.3 Å². The lowest BCUT2D eigenvalue weighted by molar-refractivity contribution is -0.137. The summed E-state index contributed by atoms with van der Waals surface area (Å²) in [6.07, 6.45) is 6.46. The second-order valence-electron chi connectivity index (χ2n) is 11.1. The van der Waals surface area contributed by atoms with E-state index < -0.39 is 5.97 Å². The third-order valence-electron chi connectivity index (χ3n) is 8.20. The number of aliphatic carboxylic acids is 1. The minimum Gasteiger partial charge on any atom is -0.494 e. The number of para-hydroxylation sites is 1. The van der Waals surface area contributed by atoms with Crippen molar-refractivity contribution in [2.24, 2.45) is 7.05 Å². The summed E-state index contributed by atoms with van der Waals surface area (Å²) in [5.74, 6) is -0.426. The van der Waals surface area contributed by atoms with E-state index in [1.54, 1.807) is 18.1 Å². The number of unbranched alkanes of at least 4 members (excludes halogenated alkanes) is 2. The molecule has 1 N–H and O–H groups in total. The number of rotatable bonds is 9. The van der Waals surface area contributed by atoms with Crippen molar-refractivity contribution in [1.82, 2.24) is 19.9 Å². The van der Waals surface area contributed by atoms with Crippen LogP contribution in [0, 0.1) is 6.92 Å². The molecule has 0 saturated heterocycles. The SMILES string of the molecule is CCCCCN1CCc2c(cccc2C(CC(=O)O)c2cc(OC)c3c(c2)nnn3C)C1.Cc1coc2ccccc12. The van der Waals surface area contributed by atoms with Crippen LogP contribution in [-0.4, -0.2) is 51.2 Å². The molecule has 8 nitrogen and oxygen atoms in total. The monoisotopic (exact) mass is 568 g/mol. The molecule has 3 aromatic carbocycles. The summed E-state index contributed by atoms with van der Waals surface area (Å²) in [5.41, 5.74) is 8.30. The molecule has 8 heteroatoms. The van der Waals surface area contributed by atoms with E-state index in [0.29, 0.717) is 11.3 Å². The fourth-order valence-corrected chi connectivity index (χ4v) is 6.02. The van der Waals surface area contributed by atoms with Gasteiger partial charge in [-0.25, -0.2) is 4.68 Å². The zero-order valence-electron chi connectivity index (χ0n) is 25.0. The van der Waals surface area contributed by atoms with Gasteiger partial charge in [0.05, 0.1) is 19.8 Å². The molecule has 0 saturated carbocycles. The Hall–Kier alpha value is -4.17. The van der Waals surface area contributed by atoms with Crippen LogP contribution in [0.25, 0.3) is 22.0 Å². The van der Waals surface area contributed by atoms with Crippen molar-refractivity contribution in [1.29, 1.82) is 0 Å². The maximum absolute atomic E-state index is 11.9. The lowest BCUT2D eigenvalue weighted by atomic mass is 9.82. The van der Waals surface area contributed by atoms with Gasteiger partial charge in [-0.2, -0.15) is 0 Å². The van der Waals surface area contributed by atoms with Gasteiger partial charge in [0.2, 0.25) is 0 Å². The highest BCUT2D eigenvalue weighted by molar-refractivity contribution is 5.83. The average Bonchev–Trinajstić information content (AvgIpc) is 3.57. The molecule has 6 rings (SSSR count). The van der Waals surface area contributed by atoms with Crippen molar-refractivity contribution in [3.05, 3.63) is 88.7 Å². The normalized spacial score (nSPS) is 13.9. The van der Waals surface area contributed by atoms with Gasteiger partial charge in [0.25, 0.3) is 0 Å². The van der Waals surface area contributed by atoms with Crippen LogP contribution < -0.4 is 4.74 Å². The number of aryl methyl sites for hydroxylation is 2. The Morgan fingerprint density at radius 1 is 1.14 bits per heavy atom. The van der Waals surface area contributed by atoms with Crippen LogP contribution in [0.2, 0.25) is 0 Å². The smallest absolute Gasteiger partial charge is 0.304 e. The van der Waals surface area contributed by atoms with E-state index in [4.69, 9.17) is 9.15 Å². The topological polar surface area (TPSA) is 93.6 Å². The van der Waals surface area contributed by atoms with Gasteiger partial charge < -0.3 is 14.3 Å². The van der Waals surface area contributed by atoms with Gasteiger partial charge in [-0.15, -0.1) is 5.10 Å². The second-order valence-corrected chi connectivity index (χ2v) is 11.1. The first-order valence-corrected chi connectivity index (χ1v) is 14.7. The molecule has 0 fully saturated rings. The van der Waals surface area contributed by atoms with E-state index in [1.807, 2.05) is 44.3 Å². The summed E-state index contributed by atoms with van der Waals surface area (Å²) in [5, 5.41) is 19.3. The molecule has 2 aromatic heterocycles. The highest BCUT2D eigenvalue weighted by Gasteiger charge is 2.26. The average molecular weight is 569 g/mol. The largest absolute Gasteiger partial charge is 0.494 e. The predicted octanol–water partition coefficient (Wildman–Crippen LogP) is 6.87. The number of ether oxygens (including phenoxy) is 1. The van der Waals surface area contributed by atoms with Crippen molar-refractivity contribution in [3.63, 3.8) is 0 Å². The van der Waals surface area contributed by atoms with E-state index in [0.717, 1.165) is 48.3 Å². The molecule has 220 valence electrons. The Morgan fingerprint density at radius 3 is 2.74 bits per heavy atom. The number of benzene rings is 3. The summed E-state index contributed by atoms with van der Waals surface area (Å²) in [6.45, 7) is 7.34. The fourth-order valence-electron chi connectivity index (χ4n) is 6.02. The van der Waals surface area contributed by atoms with E-state index >= 15 is 0 Å². The summed E-state index contributed by atoms with van der Waals surface area (Å²) < 4.78 is 12.5. The number of nitrogens with zero attached hydrogens (tertiary/aromatic N) is 4. The molecule has 0 aliphatic carbocycles. The molecule has 3 heterocycles. The Kier molecular flexibility index (Phi) is 9.22. The molecular formula is C34H40N4O4. The number of fused-ring (bicyclic) bond motifs is 3. The zero-order valence-corrected chi connectivity index (χ0v) is 25.0. The van der Waals surface area contributed by atoms with Gasteiger partial charge in [-0.1, -0.05) is 61.4 Å². The zero-order chi connectivity index (χ0) is 29.6. The van der Waals surface area contributed by atoms with Gasteiger partial charge in [0.1, 0.15) is 22.4 Å². The minimum atomic E-state index is -0.817. The molecule has 1 aliphatic heterocycles. The molecule has 5 aromatic rings. The predicted molar refractivity (Wildman–Crippen MR) is 165 cm³/mol. The number of methoxy groups -OCH3 is 1. The summed E-state index contributed by atoms with van der Waals surface area (Å²) >= 11 is 0. The van der Waals surface area contributed by atoms with Gasteiger partial charge in [-0.3, -0.25) is 9.69 Å². The molecule has 0 amide bonds. The number of carboxylic acid groups (broad SMARTS) is 1. The van der Waals surface area contributed by atoms with Gasteiger partial charge in [0, 0.05) is 31.4 Å². The number of carbonyl (C=O) groups is 1. The quantitative estimate of drug-likeness (QED) is 0.194. The molecule has 1 aliphatic rings. The Balaban J connectivity index is 0.000000295. The third-order valence-corrected chi connectivity index (χ3v) is 8.20. The summed E-state index contributed by atoms with van der Waals surface area (Å²) in [7, 11) is 3.45. The Bertz CT molecular complexity index is 1670. The first kappa shape index (κ1) is 29.3. The third kappa shape index (κ3) is 6.34. The number of carboxylic acids is 1. The number of hydrogen-bond acceptors (Lipinski definition) is 6. The highest BCUT2D eigenvalue weighted by atomic mass is 16.5. The fraction of sp³-hybridized carbons (Fsp3) is 0.382. The van der Waals surface area contributed by atoms with Crippen molar-refractivity contribution in [2.45, 2.75) is 58.4 Å². The van der Waals surface area contributed by atoms with E-state index in [1.165, 1.54) is 41.3 Å². The van der Waals surface area contributed by atoms with Gasteiger partial charge >= 0.3 is 5.97 Å². The van der Waals surface area contributed by atoms with Gasteiger partial charge in [0.15, 0.2) is 0 Å². The number of aromatic nitrogens is 3. The maximum Gasteiger partial charge on any atom is 0.304 e. The minimum absolute atomic E-state index is 0.0194. The molecular weight excluding hydrogens is 528 g/mol. The first-order valence-electron chi connectivity index (χ1n) is 14.7. The van der Waals surface area contributed by atoms with Crippen LogP contribution in [-0.2, 0) is 24.8 Å². The van der Waals surface area contributed by atoms with E-state index in [9.17, 15) is 9.90 Å².